The Hall–Kier alpha value is -1.64. The lowest BCUT2D eigenvalue weighted by Crippen LogP contribution is -2.20. The monoisotopic (exact) mass is 386 g/mol. The molecule has 2 aliphatic rings. The summed E-state index contributed by atoms with van der Waals surface area (Å²) in [7, 11) is 0. The molecule has 0 aromatic carbocycles. The highest BCUT2D eigenvalue weighted by Gasteiger charge is 2.35. The largest absolute Gasteiger partial charge is 0.466 e. The van der Waals surface area contributed by atoms with Gasteiger partial charge < -0.3 is 4.74 Å². The second-order valence-corrected chi connectivity index (χ2v) is 8.38. The highest BCUT2D eigenvalue weighted by Crippen LogP contribution is 2.40. The third-order valence-corrected chi connectivity index (χ3v) is 6.44. The topological polar surface area (TPSA) is 43.4 Å². The van der Waals surface area contributed by atoms with E-state index < -0.39 is 0 Å². The van der Waals surface area contributed by atoms with Gasteiger partial charge in [-0.05, 0) is 69.1 Å². The van der Waals surface area contributed by atoms with Crippen LogP contribution in [0.2, 0.25) is 0 Å². The van der Waals surface area contributed by atoms with Crippen LogP contribution in [0.25, 0.3) is 0 Å². The summed E-state index contributed by atoms with van der Waals surface area (Å²) in [4.78, 5) is 24.5. The number of Topliss-reactive ketones (excluding diaryl/α,β-unsaturated/α-hetero) is 1. The standard InChI is InChI=1S/C25H38O3/c1-4-6-8-10-22-19(3)12-13-20(22)16-17-28-25(27)18-21-14-15-24(26)23(21)11-9-7-5-2/h6-9,20-23H,3-5,10-18H2,1-2H3/b8-6-,9-7-. The van der Waals surface area contributed by atoms with E-state index in [1.165, 1.54) is 5.57 Å². The summed E-state index contributed by atoms with van der Waals surface area (Å²) in [5.74, 6) is 1.43. The second kappa shape index (κ2) is 12.0. The first-order valence-corrected chi connectivity index (χ1v) is 11.2. The molecule has 0 aromatic rings. The molecule has 4 unspecified atom stereocenters. The summed E-state index contributed by atoms with van der Waals surface area (Å²) in [5.41, 5.74) is 1.35. The van der Waals surface area contributed by atoms with Gasteiger partial charge in [-0.25, -0.2) is 0 Å². The van der Waals surface area contributed by atoms with Crippen molar-refractivity contribution >= 4 is 11.8 Å². The molecule has 2 fully saturated rings. The lowest BCUT2D eigenvalue weighted by molar-refractivity contribution is -0.145. The molecule has 0 amide bonds. The normalized spacial score (nSPS) is 28.1. The van der Waals surface area contributed by atoms with Gasteiger partial charge in [0, 0.05) is 18.8 Å². The number of carbonyl (C=O) groups excluding carboxylic acids is 2. The van der Waals surface area contributed by atoms with Crippen LogP contribution in [0.4, 0.5) is 0 Å². The molecule has 0 aromatic heterocycles. The molecule has 4 atom stereocenters. The molecule has 156 valence electrons. The van der Waals surface area contributed by atoms with Gasteiger partial charge in [0.2, 0.25) is 0 Å². The lowest BCUT2D eigenvalue weighted by atomic mass is 9.88. The fraction of sp³-hybridized carbons (Fsp3) is 0.680. The molecule has 0 aliphatic heterocycles. The van der Waals surface area contributed by atoms with Gasteiger partial charge in [-0.2, -0.15) is 0 Å². The molecule has 2 aliphatic carbocycles. The second-order valence-electron chi connectivity index (χ2n) is 8.38. The van der Waals surface area contributed by atoms with E-state index in [1.54, 1.807) is 0 Å². The van der Waals surface area contributed by atoms with Gasteiger partial charge in [-0.1, -0.05) is 50.3 Å². The summed E-state index contributed by atoms with van der Waals surface area (Å²) < 4.78 is 5.57. The zero-order valence-electron chi connectivity index (χ0n) is 17.8. The van der Waals surface area contributed by atoms with Crippen LogP contribution < -0.4 is 0 Å². The predicted octanol–water partition coefficient (Wildman–Crippen LogP) is 6.20. The van der Waals surface area contributed by atoms with E-state index in [9.17, 15) is 9.59 Å². The van der Waals surface area contributed by atoms with Crippen LogP contribution in [0.5, 0.6) is 0 Å². The maximum absolute atomic E-state index is 12.3. The lowest BCUT2D eigenvalue weighted by Gasteiger charge is -2.20. The number of rotatable bonds is 11. The minimum Gasteiger partial charge on any atom is -0.466 e. The number of hydrogen-bond donors (Lipinski definition) is 0. The molecule has 2 rings (SSSR count). The molecule has 0 heterocycles. The maximum atomic E-state index is 12.3. The minimum absolute atomic E-state index is 0.00300. The van der Waals surface area contributed by atoms with E-state index >= 15 is 0 Å². The number of hydrogen-bond acceptors (Lipinski definition) is 3. The summed E-state index contributed by atoms with van der Waals surface area (Å²) >= 11 is 0. The maximum Gasteiger partial charge on any atom is 0.306 e. The van der Waals surface area contributed by atoms with Crippen LogP contribution in [0.3, 0.4) is 0 Å². The third-order valence-electron chi connectivity index (χ3n) is 6.44. The Kier molecular flexibility index (Phi) is 9.73. The van der Waals surface area contributed by atoms with E-state index in [2.05, 4.69) is 44.7 Å². The minimum atomic E-state index is -0.136. The van der Waals surface area contributed by atoms with Crippen LogP contribution in [0.15, 0.2) is 36.5 Å². The Bertz CT molecular complexity index is 587. The molecule has 2 saturated carbocycles. The van der Waals surface area contributed by atoms with Crippen molar-refractivity contribution in [3.63, 3.8) is 0 Å². The van der Waals surface area contributed by atoms with Gasteiger partial charge in [0.25, 0.3) is 0 Å². The van der Waals surface area contributed by atoms with E-state index in [4.69, 9.17) is 4.74 Å². The van der Waals surface area contributed by atoms with Crippen molar-refractivity contribution in [3.8, 4) is 0 Å². The number of ether oxygens (including phenoxy) is 1. The van der Waals surface area contributed by atoms with Crippen molar-refractivity contribution < 1.29 is 14.3 Å². The predicted molar refractivity (Wildman–Crippen MR) is 115 cm³/mol. The van der Waals surface area contributed by atoms with Crippen molar-refractivity contribution in [1.82, 2.24) is 0 Å². The van der Waals surface area contributed by atoms with Gasteiger partial charge in [0.05, 0.1) is 6.61 Å². The molecule has 0 radical (unpaired) electrons. The van der Waals surface area contributed by atoms with Crippen molar-refractivity contribution in [2.45, 2.75) is 78.1 Å². The molecule has 0 N–H and O–H groups in total. The third kappa shape index (κ3) is 6.76. The van der Waals surface area contributed by atoms with Crippen LogP contribution in [0, 0.1) is 23.7 Å². The van der Waals surface area contributed by atoms with Crippen LogP contribution >= 0.6 is 0 Å². The van der Waals surface area contributed by atoms with Gasteiger partial charge in [-0.15, -0.1) is 0 Å². The van der Waals surface area contributed by atoms with Crippen LogP contribution in [-0.2, 0) is 14.3 Å². The van der Waals surface area contributed by atoms with Gasteiger partial charge >= 0.3 is 5.97 Å². The Morgan fingerprint density at radius 1 is 1.00 bits per heavy atom. The van der Waals surface area contributed by atoms with Gasteiger partial charge in [-0.3, -0.25) is 9.59 Å². The summed E-state index contributed by atoms with van der Waals surface area (Å²) in [5, 5.41) is 0. The molecule has 3 nitrogen and oxygen atoms in total. The molecule has 0 saturated heterocycles. The molecule has 0 spiro atoms. The number of carbonyl (C=O) groups is 2. The van der Waals surface area contributed by atoms with Gasteiger partial charge in [0.1, 0.15) is 5.78 Å². The Morgan fingerprint density at radius 3 is 2.32 bits per heavy atom. The SMILES string of the molecule is C=C1CCC(CCOC(=O)CC2CCC(=O)C2C/C=C\CC)C1C/C=C\CC. The smallest absolute Gasteiger partial charge is 0.306 e. The van der Waals surface area contributed by atoms with Gasteiger partial charge in [0.15, 0.2) is 0 Å². The zero-order chi connectivity index (χ0) is 20.4. The van der Waals surface area contributed by atoms with Crippen molar-refractivity contribution in [3.05, 3.63) is 36.5 Å². The fourth-order valence-electron chi connectivity index (χ4n) is 4.76. The summed E-state index contributed by atoms with van der Waals surface area (Å²) in [6, 6.07) is 0. The Balaban J connectivity index is 1.74. The summed E-state index contributed by atoms with van der Waals surface area (Å²) in [6.07, 6.45) is 17.5. The zero-order valence-corrected chi connectivity index (χ0v) is 17.8. The fourth-order valence-corrected chi connectivity index (χ4v) is 4.76. The molecular formula is C25H38O3. The van der Waals surface area contributed by atoms with Crippen LogP contribution in [0.1, 0.15) is 78.1 Å². The van der Waals surface area contributed by atoms with E-state index in [-0.39, 0.29) is 17.8 Å². The highest BCUT2D eigenvalue weighted by atomic mass is 16.5. The number of esters is 1. The highest BCUT2D eigenvalue weighted by molar-refractivity contribution is 5.84. The van der Waals surface area contributed by atoms with Crippen LogP contribution in [-0.4, -0.2) is 18.4 Å². The number of allylic oxidation sites excluding steroid dienone is 5. The Labute approximate surface area is 171 Å². The molecule has 0 bridgehead atoms. The van der Waals surface area contributed by atoms with E-state index in [0.29, 0.717) is 37.1 Å². The molecule has 3 heteroatoms. The summed E-state index contributed by atoms with van der Waals surface area (Å²) in [6.45, 7) is 8.98. The Morgan fingerprint density at radius 2 is 1.64 bits per heavy atom. The van der Waals surface area contributed by atoms with Crippen molar-refractivity contribution in [2.75, 3.05) is 6.61 Å². The number of ketones is 1. The first kappa shape index (κ1) is 22.6. The molecular weight excluding hydrogens is 348 g/mol. The van der Waals surface area contributed by atoms with E-state index in [1.807, 2.05) is 0 Å². The first-order valence-electron chi connectivity index (χ1n) is 11.2. The average molecular weight is 387 g/mol. The molecule has 28 heavy (non-hydrogen) atoms. The van der Waals surface area contributed by atoms with Crippen molar-refractivity contribution in [1.29, 1.82) is 0 Å². The average Bonchev–Trinajstić information content (AvgIpc) is 3.19. The van der Waals surface area contributed by atoms with E-state index in [0.717, 1.165) is 51.4 Å². The van der Waals surface area contributed by atoms with Crippen molar-refractivity contribution in [2.24, 2.45) is 23.7 Å². The first-order chi connectivity index (χ1) is 13.6. The quantitative estimate of drug-likeness (QED) is 0.314.